The minimum atomic E-state index is -0.230. The van der Waals surface area contributed by atoms with E-state index in [0.29, 0.717) is 24.5 Å². The molecular formula is C9H14O3. The first-order chi connectivity index (χ1) is 5.86. The molecule has 0 radical (unpaired) electrons. The quantitative estimate of drug-likeness (QED) is 0.563. The molecule has 0 aromatic heterocycles. The molecule has 1 aliphatic carbocycles. The molecule has 1 saturated carbocycles. The van der Waals surface area contributed by atoms with Gasteiger partial charge >= 0.3 is 0 Å². The zero-order valence-corrected chi connectivity index (χ0v) is 6.98. The van der Waals surface area contributed by atoms with Crippen LogP contribution in [0.2, 0.25) is 0 Å². The van der Waals surface area contributed by atoms with E-state index in [2.05, 4.69) is 0 Å². The second-order valence-electron chi connectivity index (χ2n) is 4.11. The smallest absolute Gasteiger partial charge is 0.0830 e. The normalized spacial score (nSPS) is 57.2. The van der Waals surface area contributed by atoms with E-state index in [4.69, 9.17) is 9.47 Å². The van der Waals surface area contributed by atoms with Gasteiger partial charge in [0, 0.05) is 18.9 Å². The Bertz CT molecular complexity index is 194. The maximum atomic E-state index is 9.67. The number of rotatable bonds is 0. The molecule has 0 amide bonds. The van der Waals surface area contributed by atoms with E-state index in [9.17, 15) is 5.11 Å². The van der Waals surface area contributed by atoms with Crippen LogP contribution in [0.3, 0.4) is 0 Å². The molecule has 1 unspecified atom stereocenters. The number of hydrogen-bond donors (Lipinski definition) is 1. The summed E-state index contributed by atoms with van der Waals surface area (Å²) in [5.41, 5.74) is 0. The van der Waals surface area contributed by atoms with Crippen LogP contribution in [0.4, 0.5) is 0 Å². The maximum Gasteiger partial charge on any atom is 0.0830 e. The topological polar surface area (TPSA) is 38.7 Å². The highest BCUT2D eigenvalue weighted by Crippen LogP contribution is 2.46. The molecule has 12 heavy (non-hydrogen) atoms. The molecule has 1 N–H and O–H groups in total. The third kappa shape index (κ3) is 0.817. The van der Waals surface area contributed by atoms with Crippen LogP contribution in [0.1, 0.15) is 12.8 Å². The predicted octanol–water partition coefficient (Wildman–Crippen LogP) is 0.171. The summed E-state index contributed by atoms with van der Waals surface area (Å²) in [6, 6.07) is 0. The second-order valence-corrected chi connectivity index (χ2v) is 4.11. The van der Waals surface area contributed by atoms with Crippen LogP contribution >= 0.6 is 0 Å². The SMILES string of the molecule is O[C@H]1CO[C@H]2C[C@@H]3OCCC3[C@H]21. The fourth-order valence-corrected chi connectivity index (χ4v) is 3.06. The molecule has 0 bridgehead atoms. The fourth-order valence-electron chi connectivity index (χ4n) is 3.06. The van der Waals surface area contributed by atoms with Gasteiger partial charge in [-0.1, -0.05) is 0 Å². The minimum absolute atomic E-state index is 0.230. The molecule has 2 saturated heterocycles. The van der Waals surface area contributed by atoms with Crippen molar-refractivity contribution in [3.05, 3.63) is 0 Å². The molecule has 3 heteroatoms. The van der Waals surface area contributed by atoms with E-state index in [1.165, 1.54) is 0 Å². The van der Waals surface area contributed by atoms with Crippen LogP contribution in [-0.4, -0.2) is 36.6 Å². The highest BCUT2D eigenvalue weighted by Gasteiger charge is 2.53. The van der Waals surface area contributed by atoms with Gasteiger partial charge in [-0.2, -0.15) is 0 Å². The van der Waals surface area contributed by atoms with E-state index in [1.54, 1.807) is 0 Å². The van der Waals surface area contributed by atoms with Crippen molar-refractivity contribution in [2.45, 2.75) is 31.2 Å². The van der Waals surface area contributed by atoms with Crippen molar-refractivity contribution >= 4 is 0 Å². The highest BCUT2D eigenvalue weighted by molar-refractivity contribution is 5.01. The van der Waals surface area contributed by atoms with Crippen LogP contribution in [0.25, 0.3) is 0 Å². The van der Waals surface area contributed by atoms with Gasteiger partial charge in [-0.25, -0.2) is 0 Å². The molecular weight excluding hydrogens is 156 g/mol. The van der Waals surface area contributed by atoms with Gasteiger partial charge in [0.2, 0.25) is 0 Å². The highest BCUT2D eigenvalue weighted by atomic mass is 16.5. The molecule has 0 aromatic carbocycles. The van der Waals surface area contributed by atoms with Crippen molar-refractivity contribution in [3.8, 4) is 0 Å². The first kappa shape index (κ1) is 7.30. The zero-order chi connectivity index (χ0) is 8.13. The summed E-state index contributed by atoms with van der Waals surface area (Å²) in [6.07, 6.45) is 2.57. The van der Waals surface area contributed by atoms with Gasteiger partial charge in [-0.3, -0.25) is 0 Å². The van der Waals surface area contributed by atoms with Gasteiger partial charge in [0.1, 0.15) is 0 Å². The summed E-state index contributed by atoms with van der Waals surface area (Å²) in [7, 11) is 0. The number of fused-ring (bicyclic) bond motifs is 3. The number of aliphatic hydroxyl groups excluding tert-OH is 1. The number of aliphatic hydroxyl groups is 1. The summed E-state index contributed by atoms with van der Waals surface area (Å²) < 4.78 is 11.1. The monoisotopic (exact) mass is 170 g/mol. The number of hydrogen-bond acceptors (Lipinski definition) is 3. The summed E-state index contributed by atoms with van der Waals surface area (Å²) >= 11 is 0. The molecule has 3 aliphatic rings. The van der Waals surface area contributed by atoms with Crippen LogP contribution in [0.5, 0.6) is 0 Å². The van der Waals surface area contributed by atoms with Crippen molar-refractivity contribution in [2.24, 2.45) is 11.8 Å². The minimum Gasteiger partial charge on any atom is -0.390 e. The van der Waals surface area contributed by atoms with E-state index in [1.807, 2.05) is 0 Å². The van der Waals surface area contributed by atoms with Crippen molar-refractivity contribution in [2.75, 3.05) is 13.2 Å². The fraction of sp³-hybridized carbons (Fsp3) is 1.00. The van der Waals surface area contributed by atoms with Crippen LogP contribution in [-0.2, 0) is 9.47 Å². The molecule has 68 valence electrons. The third-order valence-corrected chi connectivity index (χ3v) is 3.57. The molecule has 2 aliphatic heterocycles. The third-order valence-electron chi connectivity index (χ3n) is 3.57. The Labute approximate surface area is 71.7 Å². The van der Waals surface area contributed by atoms with Crippen LogP contribution in [0.15, 0.2) is 0 Å². The lowest BCUT2D eigenvalue weighted by Gasteiger charge is -2.17. The van der Waals surface area contributed by atoms with Crippen molar-refractivity contribution in [1.29, 1.82) is 0 Å². The van der Waals surface area contributed by atoms with Crippen molar-refractivity contribution in [3.63, 3.8) is 0 Å². The summed E-state index contributed by atoms with van der Waals surface area (Å²) in [6.45, 7) is 1.42. The Hall–Kier alpha value is -0.120. The van der Waals surface area contributed by atoms with Gasteiger partial charge < -0.3 is 14.6 Å². The van der Waals surface area contributed by atoms with Gasteiger partial charge in [0.25, 0.3) is 0 Å². The van der Waals surface area contributed by atoms with Crippen LogP contribution < -0.4 is 0 Å². The molecule has 3 rings (SSSR count). The zero-order valence-electron chi connectivity index (χ0n) is 6.98. The standard InChI is InChI=1S/C9H14O3/c10-6-4-12-8-3-7-5(9(6)8)1-2-11-7/h5-10H,1-4H2/t5?,6-,7-,8-,9-/m0/s1. The van der Waals surface area contributed by atoms with Crippen molar-refractivity contribution < 1.29 is 14.6 Å². The van der Waals surface area contributed by atoms with Crippen molar-refractivity contribution in [1.82, 2.24) is 0 Å². The molecule has 2 heterocycles. The Morgan fingerprint density at radius 1 is 1.17 bits per heavy atom. The molecule has 3 nitrogen and oxygen atoms in total. The lowest BCUT2D eigenvalue weighted by molar-refractivity contribution is 0.0413. The largest absolute Gasteiger partial charge is 0.390 e. The average molecular weight is 170 g/mol. The maximum absolute atomic E-state index is 9.67. The van der Waals surface area contributed by atoms with Gasteiger partial charge in [-0.05, 0) is 12.3 Å². The van der Waals surface area contributed by atoms with Crippen LogP contribution in [0, 0.1) is 11.8 Å². The summed E-state index contributed by atoms with van der Waals surface area (Å²) in [5.74, 6) is 0.949. The lowest BCUT2D eigenvalue weighted by Crippen LogP contribution is -2.26. The Morgan fingerprint density at radius 2 is 2.08 bits per heavy atom. The van der Waals surface area contributed by atoms with E-state index >= 15 is 0 Å². The van der Waals surface area contributed by atoms with E-state index < -0.39 is 0 Å². The first-order valence-corrected chi connectivity index (χ1v) is 4.77. The van der Waals surface area contributed by atoms with E-state index in [-0.39, 0.29) is 12.2 Å². The van der Waals surface area contributed by atoms with Gasteiger partial charge in [-0.15, -0.1) is 0 Å². The molecule has 3 fully saturated rings. The summed E-state index contributed by atoms with van der Waals surface area (Å²) in [5, 5.41) is 9.67. The predicted molar refractivity (Wildman–Crippen MR) is 41.7 cm³/mol. The second kappa shape index (κ2) is 2.44. The van der Waals surface area contributed by atoms with Gasteiger partial charge in [0.15, 0.2) is 0 Å². The van der Waals surface area contributed by atoms with Gasteiger partial charge in [0.05, 0.1) is 24.9 Å². The molecule has 0 aromatic rings. The Kier molecular flexibility index (Phi) is 1.48. The lowest BCUT2D eigenvalue weighted by atomic mass is 9.89. The Morgan fingerprint density at radius 3 is 3.00 bits per heavy atom. The van der Waals surface area contributed by atoms with E-state index in [0.717, 1.165) is 19.4 Å². The number of ether oxygens (including phenoxy) is 2. The summed E-state index contributed by atoms with van der Waals surface area (Å²) in [4.78, 5) is 0. The molecule has 0 spiro atoms. The first-order valence-electron chi connectivity index (χ1n) is 4.77. The average Bonchev–Trinajstić information content (AvgIpc) is 2.61. The Balaban J connectivity index is 1.85. The molecule has 5 atom stereocenters.